The number of pyridine rings is 2. The molecule has 5 nitrogen and oxygen atoms in total. The number of nitrogens with zero attached hydrogens (tertiary/aromatic N) is 4. The molecule has 0 saturated heterocycles. The Bertz CT molecular complexity index is 2440. The number of fused-ring (bicyclic) bond motifs is 3. The summed E-state index contributed by atoms with van der Waals surface area (Å²) in [5, 5.41) is 2.19. The molecule has 8 rings (SSSR count). The standard InChI is InChI=1S/C32H32N3O.C18H24GeN.Ir/c1-19(23-9-6-5-7-10-23)24-15-16-33-29(17-24)28-12-8-11-27-26-14-13-25(18-30(26)36-32(27)28)31-20(2)34-22(4)35-21(31)3;1-14(2)11-16-12-18(15-9-7-6-8-10-15)20-13-17(16)19(3,4)5;/h8,11,13-19,23H,5-7,9-10H2,1-4H3;6-9,12-14H,11H2,1-5H3;/q2*-1;. The van der Waals surface area contributed by atoms with E-state index in [-0.39, 0.29) is 20.1 Å². The zero-order valence-corrected chi connectivity index (χ0v) is 39.6. The Morgan fingerprint density at radius 3 is 2.23 bits per heavy atom. The first-order valence-corrected chi connectivity index (χ1v) is 27.8. The Balaban J connectivity index is 0.000000223. The molecule has 1 aliphatic rings. The fraction of sp³-hybridized carbons (Fsp3) is 0.360. The normalized spacial score (nSPS) is 14.0. The van der Waals surface area contributed by atoms with Gasteiger partial charge in [0.2, 0.25) is 0 Å². The van der Waals surface area contributed by atoms with Gasteiger partial charge in [0.15, 0.2) is 0 Å². The monoisotopic (exact) mass is 995 g/mol. The van der Waals surface area contributed by atoms with E-state index in [1.54, 1.807) is 4.40 Å². The summed E-state index contributed by atoms with van der Waals surface area (Å²) >= 11 is -1.86. The van der Waals surface area contributed by atoms with Gasteiger partial charge in [-0.25, -0.2) is 9.97 Å². The Morgan fingerprint density at radius 1 is 0.789 bits per heavy atom. The van der Waals surface area contributed by atoms with E-state index in [1.807, 2.05) is 51.2 Å². The molecule has 1 unspecified atom stereocenters. The van der Waals surface area contributed by atoms with Gasteiger partial charge in [-0.2, -0.15) is 0 Å². The maximum Gasteiger partial charge on any atom is 0.125 e. The third-order valence-electron chi connectivity index (χ3n) is 11.4. The number of benzene rings is 3. The number of hydrogen-bond donors (Lipinski definition) is 0. The predicted octanol–water partition coefficient (Wildman–Crippen LogP) is 12.8. The average Bonchev–Trinajstić information content (AvgIpc) is 3.56. The van der Waals surface area contributed by atoms with Crippen LogP contribution in [0.15, 0.2) is 89.6 Å². The summed E-state index contributed by atoms with van der Waals surface area (Å²) in [4.78, 5) is 18.6. The van der Waals surface area contributed by atoms with Crippen LogP contribution in [-0.4, -0.2) is 33.2 Å². The second kappa shape index (κ2) is 18.3. The molecular weight excluding hydrogens is 937 g/mol. The van der Waals surface area contributed by atoms with Gasteiger partial charge in [-0.05, 0) is 68.8 Å². The van der Waals surface area contributed by atoms with Gasteiger partial charge in [0.05, 0.1) is 5.58 Å². The minimum Gasteiger partial charge on any atom is -0.501 e. The molecule has 4 aromatic heterocycles. The van der Waals surface area contributed by atoms with E-state index in [9.17, 15) is 0 Å². The van der Waals surface area contributed by atoms with Crippen LogP contribution in [0.1, 0.15) is 87.1 Å². The van der Waals surface area contributed by atoms with Crippen LogP contribution in [0, 0.1) is 44.7 Å². The molecule has 7 aromatic rings. The molecule has 3 aromatic carbocycles. The molecule has 1 saturated carbocycles. The molecule has 7 heteroatoms. The first kappa shape index (κ1) is 42.6. The third-order valence-corrected chi connectivity index (χ3v) is 15.8. The van der Waals surface area contributed by atoms with E-state index >= 15 is 0 Å². The van der Waals surface area contributed by atoms with Crippen molar-refractivity contribution in [3.8, 4) is 33.6 Å². The van der Waals surface area contributed by atoms with Crippen molar-refractivity contribution in [3.63, 3.8) is 0 Å². The Kier molecular flexibility index (Phi) is 13.7. The SMILES string of the molecule is CC(C)Cc1cc(-c2[c-]cccc2)nc[c]1[Ge]([CH3])([CH3])[CH3].Cc1nc(C)c(-c2ccc3c(c2)oc2c(-c4cc(C(C)C5CCCCC5)ccn4)[c-]ccc23)c(C)n1.[Ir]. The van der Waals surface area contributed by atoms with Gasteiger partial charge in [0.1, 0.15) is 11.4 Å². The molecular formula is C50H56GeIrN4O-2. The van der Waals surface area contributed by atoms with Crippen molar-refractivity contribution in [2.75, 3.05) is 0 Å². The Labute approximate surface area is 356 Å². The molecule has 1 radical (unpaired) electrons. The fourth-order valence-electron chi connectivity index (χ4n) is 8.64. The number of aryl methyl sites for hydroxylation is 3. The van der Waals surface area contributed by atoms with Crippen molar-refractivity contribution in [2.24, 2.45) is 11.8 Å². The van der Waals surface area contributed by atoms with Gasteiger partial charge in [-0.1, -0.05) is 60.9 Å². The van der Waals surface area contributed by atoms with E-state index in [1.165, 1.54) is 43.2 Å². The van der Waals surface area contributed by atoms with Crippen molar-refractivity contribution in [2.45, 2.75) is 103 Å². The molecule has 4 heterocycles. The summed E-state index contributed by atoms with van der Waals surface area (Å²) in [7, 11) is 0. The van der Waals surface area contributed by atoms with E-state index in [0.29, 0.717) is 11.8 Å². The molecule has 0 amide bonds. The summed E-state index contributed by atoms with van der Waals surface area (Å²) in [5.74, 6) is 10.1. The van der Waals surface area contributed by atoms with E-state index in [2.05, 4.69) is 115 Å². The van der Waals surface area contributed by atoms with Crippen LogP contribution in [0.5, 0.6) is 0 Å². The van der Waals surface area contributed by atoms with Crippen LogP contribution in [0.4, 0.5) is 0 Å². The molecule has 57 heavy (non-hydrogen) atoms. The molecule has 0 N–H and O–H groups in total. The van der Waals surface area contributed by atoms with Crippen LogP contribution in [-0.2, 0) is 26.5 Å². The fourth-order valence-corrected chi connectivity index (χ4v) is 12.0. The zero-order chi connectivity index (χ0) is 39.6. The number of furan rings is 1. The van der Waals surface area contributed by atoms with E-state index in [0.717, 1.165) is 85.1 Å². The first-order valence-electron chi connectivity index (χ1n) is 20.5. The maximum atomic E-state index is 6.51. The summed E-state index contributed by atoms with van der Waals surface area (Å²) in [6, 6.07) is 32.0. The van der Waals surface area contributed by atoms with Crippen LogP contribution in [0.3, 0.4) is 0 Å². The molecule has 1 fully saturated rings. The van der Waals surface area contributed by atoms with Crippen molar-refractivity contribution >= 4 is 39.6 Å². The largest absolute Gasteiger partial charge is 0.501 e. The number of rotatable bonds is 8. The van der Waals surface area contributed by atoms with Gasteiger partial charge < -0.3 is 9.40 Å². The smallest absolute Gasteiger partial charge is 0.125 e. The molecule has 297 valence electrons. The number of hydrogen-bond acceptors (Lipinski definition) is 5. The van der Waals surface area contributed by atoms with Gasteiger partial charge in [-0.15, -0.1) is 18.2 Å². The Morgan fingerprint density at radius 2 is 1.54 bits per heavy atom. The second-order valence-corrected chi connectivity index (χ2v) is 27.8. The molecule has 0 spiro atoms. The minimum atomic E-state index is -1.86. The zero-order valence-electron chi connectivity index (χ0n) is 35.1. The van der Waals surface area contributed by atoms with Crippen LogP contribution >= 0.6 is 0 Å². The van der Waals surface area contributed by atoms with Gasteiger partial charge in [0, 0.05) is 48.6 Å². The molecule has 1 aliphatic carbocycles. The topological polar surface area (TPSA) is 64.7 Å². The molecule has 0 aliphatic heterocycles. The number of aromatic nitrogens is 4. The quantitative estimate of drug-likeness (QED) is 0.112. The minimum absolute atomic E-state index is 0. The van der Waals surface area contributed by atoms with Gasteiger partial charge >= 0.3 is 126 Å². The third kappa shape index (κ3) is 9.67. The average molecular weight is 994 g/mol. The van der Waals surface area contributed by atoms with Crippen molar-refractivity contribution < 1.29 is 24.5 Å². The van der Waals surface area contributed by atoms with Gasteiger partial charge in [0.25, 0.3) is 0 Å². The van der Waals surface area contributed by atoms with Crippen molar-refractivity contribution in [1.82, 2.24) is 19.9 Å². The summed E-state index contributed by atoms with van der Waals surface area (Å²) in [6.45, 7) is 13.0. The maximum absolute atomic E-state index is 6.51. The van der Waals surface area contributed by atoms with Crippen molar-refractivity contribution in [1.29, 1.82) is 0 Å². The van der Waals surface area contributed by atoms with E-state index in [4.69, 9.17) is 14.4 Å². The van der Waals surface area contributed by atoms with Gasteiger partial charge in [-0.3, -0.25) is 0 Å². The second-order valence-electron chi connectivity index (χ2n) is 17.2. The summed E-state index contributed by atoms with van der Waals surface area (Å²) in [6.07, 6.45) is 12.0. The summed E-state index contributed by atoms with van der Waals surface area (Å²) < 4.78 is 8.05. The molecule has 1 atom stereocenters. The van der Waals surface area contributed by atoms with Crippen LogP contribution in [0.25, 0.3) is 55.6 Å². The van der Waals surface area contributed by atoms with Crippen LogP contribution in [0.2, 0.25) is 17.3 Å². The Hall–Kier alpha value is -3.97. The van der Waals surface area contributed by atoms with Crippen molar-refractivity contribution in [3.05, 3.63) is 126 Å². The van der Waals surface area contributed by atoms with E-state index < -0.39 is 13.3 Å². The summed E-state index contributed by atoms with van der Waals surface area (Å²) in [5.41, 5.74) is 12.7. The predicted molar refractivity (Wildman–Crippen MR) is 236 cm³/mol. The first-order chi connectivity index (χ1) is 26.9. The van der Waals surface area contributed by atoms with Crippen LogP contribution < -0.4 is 4.40 Å². The molecule has 0 bridgehead atoms.